The highest BCUT2D eigenvalue weighted by atomic mass is 32.2. The summed E-state index contributed by atoms with van der Waals surface area (Å²) >= 11 is 1.37. The molecule has 1 aliphatic heterocycles. The number of aryl methyl sites for hydroxylation is 2. The van der Waals surface area contributed by atoms with Crippen molar-refractivity contribution in [1.82, 2.24) is 25.1 Å². The molecule has 0 bridgehead atoms. The van der Waals surface area contributed by atoms with Gasteiger partial charge in [-0.1, -0.05) is 36.9 Å². The maximum absolute atomic E-state index is 12.5. The number of carbonyl (C=O) groups is 1. The van der Waals surface area contributed by atoms with Crippen molar-refractivity contribution >= 4 is 17.7 Å². The number of tetrazole rings is 1. The molecule has 8 heteroatoms. The fourth-order valence-corrected chi connectivity index (χ4v) is 3.74. The van der Waals surface area contributed by atoms with E-state index >= 15 is 0 Å². The summed E-state index contributed by atoms with van der Waals surface area (Å²) in [6.07, 6.45) is 1.06. The van der Waals surface area contributed by atoms with Crippen LogP contribution in [0.15, 0.2) is 23.4 Å². The van der Waals surface area contributed by atoms with E-state index in [1.165, 1.54) is 11.8 Å². The fourth-order valence-electron chi connectivity index (χ4n) is 2.96. The van der Waals surface area contributed by atoms with Crippen LogP contribution < -0.4 is 0 Å². The summed E-state index contributed by atoms with van der Waals surface area (Å²) in [5.41, 5.74) is 3.17. The van der Waals surface area contributed by atoms with Gasteiger partial charge in [-0.05, 0) is 41.8 Å². The van der Waals surface area contributed by atoms with Gasteiger partial charge in [0.15, 0.2) is 0 Å². The molecule has 0 aliphatic carbocycles. The number of hydrogen-bond acceptors (Lipinski definition) is 6. The Kier molecular flexibility index (Phi) is 5.70. The third kappa shape index (κ3) is 4.01. The van der Waals surface area contributed by atoms with Gasteiger partial charge in [-0.2, -0.15) is 4.68 Å². The van der Waals surface area contributed by atoms with Crippen molar-refractivity contribution in [3.05, 3.63) is 29.3 Å². The lowest BCUT2D eigenvalue weighted by atomic mass is 10.1. The standard InChI is InChI=1S/C17H23N5O2S/c1-4-14-10-21(8-9-24-14)15(23)11-25-17-18-19-20-22(17)16-12(2)6-5-7-13(16)3/h5-7,14H,4,8-11H2,1-3H3. The van der Waals surface area contributed by atoms with Gasteiger partial charge in [0.25, 0.3) is 0 Å². The van der Waals surface area contributed by atoms with Crippen LogP contribution in [0.1, 0.15) is 24.5 Å². The van der Waals surface area contributed by atoms with Crippen LogP contribution in [0.25, 0.3) is 5.69 Å². The molecule has 25 heavy (non-hydrogen) atoms. The number of rotatable bonds is 5. The fraction of sp³-hybridized carbons (Fsp3) is 0.529. The quantitative estimate of drug-likeness (QED) is 0.759. The van der Waals surface area contributed by atoms with E-state index in [0.29, 0.717) is 30.6 Å². The van der Waals surface area contributed by atoms with Crippen molar-refractivity contribution in [1.29, 1.82) is 0 Å². The number of carbonyl (C=O) groups excluding carboxylic acids is 1. The molecule has 1 atom stereocenters. The van der Waals surface area contributed by atoms with Gasteiger partial charge >= 0.3 is 0 Å². The first-order valence-electron chi connectivity index (χ1n) is 8.47. The van der Waals surface area contributed by atoms with E-state index in [1.807, 2.05) is 36.9 Å². The van der Waals surface area contributed by atoms with Gasteiger partial charge in [-0.25, -0.2) is 0 Å². The Labute approximate surface area is 151 Å². The number of benzene rings is 1. The maximum Gasteiger partial charge on any atom is 0.233 e. The summed E-state index contributed by atoms with van der Waals surface area (Å²) in [5, 5.41) is 12.6. The average molecular weight is 361 g/mol. The molecule has 1 aromatic heterocycles. The van der Waals surface area contributed by atoms with E-state index < -0.39 is 0 Å². The Morgan fingerprint density at radius 2 is 2.12 bits per heavy atom. The van der Waals surface area contributed by atoms with Gasteiger partial charge in [0, 0.05) is 13.1 Å². The monoisotopic (exact) mass is 361 g/mol. The molecule has 2 aromatic rings. The van der Waals surface area contributed by atoms with Crippen LogP contribution in [0.5, 0.6) is 0 Å². The highest BCUT2D eigenvalue weighted by Gasteiger charge is 2.24. The van der Waals surface area contributed by atoms with Crippen molar-refractivity contribution < 1.29 is 9.53 Å². The summed E-state index contributed by atoms with van der Waals surface area (Å²) in [4.78, 5) is 14.4. The Morgan fingerprint density at radius 3 is 2.84 bits per heavy atom. The molecule has 0 saturated carbocycles. The van der Waals surface area contributed by atoms with E-state index in [0.717, 1.165) is 23.2 Å². The molecular weight excluding hydrogens is 338 g/mol. The Balaban J connectivity index is 1.69. The highest BCUT2D eigenvalue weighted by molar-refractivity contribution is 7.99. The van der Waals surface area contributed by atoms with Crippen molar-refractivity contribution in [2.24, 2.45) is 0 Å². The molecule has 7 nitrogen and oxygen atoms in total. The zero-order valence-corrected chi connectivity index (χ0v) is 15.6. The molecule has 134 valence electrons. The smallest absolute Gasteiger partial charge is 0.233 e. The molecular formula is C17H23N5O2S. The molecule has 1 fully saturated rings. The number of morpholine rings is 1. The van der Waals surface area contributed by atoms with Gasteiger partial charge in [0.05, 0.1) is 24.2 Å². The van der Waals surface area contributed by atoms with Crippen molar-refractivity contribution in [2.45, 2.75) is 38.5 Å². The minimum absolute atomic E-state index is 0.0998. The summed E-state index contributed by atoms with van der Waals surface area (Å²) < 4.78 is 7.34. The predicted molar refractivity (Wildman–Crippen MR) is 96.0 cm³/mol. The minimum atomic E-state index is 0.0998. The molecule has 1 amide bonds. The molecule has 1 saturated heterocycles. The summed E-state index contributed by atoms with van der Waals surface area (Å²) in [5.74, 6) is 0.421. The van der Waals surface area contributed by atoms with Gasteiger partial charge in [-0.15, -0.1) is 5.10 Å². The van der Waals surface area contributed by atoms with E-state index in [2.05, 4.69) is 22.4 Å². The molecule has 0 spiro atoms. The van der Waals surface area contributed by atoms with Crippen molar-refractivity contribution in [3.8, 4) is 5.69 Å². The molecule has 0 radical (unpaired) electrons. The Morgan fingerprint density at radius 1 is 1.36 bits per heavy atom. The number of ether oxygens (including phenoxy) is 1. The average Bonchev–Trinajstić information content (AvgIpc) is 3.07. The zero-order chi connectivity index (χ0) is 17.8. The van der Waals surface area contributed by atoms with Crippen LogP contribution in [-0.4, -0.2) is 62.6 Å². The highest BCUT2D eigenvalue weighted by Crippen LogP contribution is 2.23. The number of para-hydroxylation sites is 1. The van der Waals surface area contributed by atoms with E-state index in [-0.39, 0.29) is 12.0 Å². The lowest BCUT2D eigenvalue weighted by molar-refractivity contribution is -0.135. The number of aromatic nitrogens is 4. The summed E-state index contributed by atoms with van der Waals surface area (Å²) in [6, 6.07) is 6.07. The van der Waals surface area contributed by atoms with Gasteiger partial charge in [0.2, 0.25) is 11.1 Å². The summed E-state index contributed by atoms with van der Waals surface area (Å²) in [7, 11) is 0. The first-order valence-corrected chi connectivity index (χ1v) is 9.45. The van der Waals surface area contributed by atoms with Crippen LogP contribution in [0.3, 0.4) is 0 Å². The van der Waals surface area contributed by atoms with Gasteiger partial charge in [0.1, 0.15) is 0 Å². The second-order valence-corrected chi connectivity index (χ2v) is 7.09. The minimum Gasteiger partial charge on any atom is -0.375 e. The molecule has 0 N–H and O–H groups in total. The number of hydrogen-bond donors (Lipinski definition) is 0. The van der Waals surface area contributed by atoms with Gasteiger partial charge < -0.3 is 9.64 Å². The van der Waals surface area contributed by atoms with E-state index in [4.69, 9.17) is 4.74 Å². The van der Waals surface area contributed by atoms with Crippen LogP contribution in [0, 0.1) is 13.8 Å². The first-order chi connectivity index (χ1) is 12.1. The van der Waals surface area contributed by atoms with Crippen molar-refractivity contribution in [2.75, 3.05) is 25.4 Å². The molecule has 1 aliphatic rings. The van der Waals surface area contributed by atoms with Crippen LogP contribution >= 0.6 is 11.8 Å². The number of thioether (sulfide) groups is 1. The lowest BCUT2D eigenvalue weighted by Gasteiger charge is -2.32. The second-order valence-electron chi connectivity index (χ2n) is 6.14. The van der Waals surface area contributed by atoms with E-state index in [9.17, 15) is 4.79 Å². The zero-order valence-electron chi connectivity index (χ0n) is 14.8. The normalized spacial score (nSPS) is 17.7. The van der Waals surface area contributed by atoms with Crippen LogP contribution in [0.2, 0.25) is 0 Å². The SMILES string of the molecule is CCC1CN(C(=O)CSc2nnnn2-c2c(C)cccc2C)CCO1. The molecule has 3 rings (SSSR count). The Bertz CT molecular complexity index is 728. The van der Waals surface area contributed by atoms with E-state index in [1.54, 1.807) is 4.68 Å². The van der Waals surface area contributed by atoms with Crippen LogP contribution in [-0.2, 0) is 9.53 Å². The predicted octanol–water partition coefficient (Wildman–Crippen LogP) is 2.01. The van der Waals surface area contributed by atoms with Gasteiger partial charge in [-0.3, -0.25) is 4.79 Å². The molecule has 1 unspecified atom stereocenters. The maximum atomic E-state index is 12.5. The largest absolute Gasteiger partial charge is 0.375 e. The molecule has 2 heterocycles. The van der Waals surface area contributed by atoms with Crippen molar-refractivity contribution in [3.63, 3.8) is 0 Å². The third-order valence-electron chi connectivity index (χ3n) is 4.36. The third-order valence-corrected chi connectivity index (χ3v) is 5.27. The van der Waals surface area contributed by atoms with Crippen LogP contribution in [0.4, 0.5) is 0 Å². The second kappa shape index (κ2) is 7.97. The number of amides is 1. The molecule has 1 aromatic carbocycles. The Hall–Kier alpha value is -1.93. The topological polar surface area (TPSA) is 73.1 Å². The lowest BCUT2D eigenvalue weighted by Crippen LogP contribution is -2.46. The summed E-state index contributed by atoms with van der Waals surface area (Å²) in [6.45, 7) is 8.06. The first kappa shape index (κ1) is 17.9. The number of nitrogens with zero attached hydrogens (tertiary/aromatic N) is 5.